The maximum Gasteiger partial charge on any atom is 0.416 e. The number of carbonyl (C=O) groups excluding carboxylic acids is 1. The Labute approximate surface area is 168 Å². The first-order chi connectivity index (χ1) is 14.3. The monoisotopic (exact) mass is 419 g/mol. The maximum absolute atomic E-state index is 12.8. The smallest absolute Gasteiger partial charge is 0.378 e. The van der Waals surface area contributed by atoms with E-state index in [-0.39, 0.29) is 18.8 Å². The van der Waals surface area contributed by atoms with Crippen molar-refractivity contribution in [3.8, 4) is 11.3 Å². The fourth-order valence-corrected chi connectivity index (χ4v) is 2.76. The summed E-state index contributed by atoms with van der Waals surface area (Å²) in [6.45, 7) is 0.146. The van der Waals surface area contributed by atoms with Gasteiger partial charge in [-0.1, -0.05) is 30.3 Å². The Hall–Kier alpha value is -3.89. The number of hydrogen-bond acceptors (Lipinski definition) is 5. The van der Waals surface area contributed by atoms with Crippen LogP contribution in [-0.4, -0.2) is 34.1 Å². The number of hydrogen-bond donors (Lipinski definition) is 3. The largest absolute Gasteiger partial charge is 0.416 e. The average Bonchev–Trinajstić information content (AvgIpc) is 3.21. The van der Waals surface area contributed by atoms with Crippen molar-refractivity contribution in [3.05, 3.63) is 76.0 Å². The Morgan fingerprint density at radius 2 is 1.87 bits per heavy atom. The summed E-state index contributed by atoms with van der Waals surface area (Å²) in [5, 5.41) is 23.0. The van der Waals surface area contributed by atoms with Crippen molar-refractivity contribution in [2.24, 2.45) is 0 Å². The highest BCUT2D eigenvalue weighted by molar-refractivity contribution is 5.99. The van der Waals surface area contributed by atoms with E-state index in [0.29, 0.717) is 17.3 Å². The predicted molar refractivity (Wildman–Crippen MR) is 103 cm³/mol. The number of nitrogens with one attached hydrogen (secondary N) is 3. The number of carbonyl (C=O) groups is 1. The number of aromatic nitrogens is 2. The van der Waals surface area contributed by atoms with E-state index in [2.05, 4.69) is 20.8 Å². The molecule has 0 aliphatic carbocycles. The lowest BCUT2D eigenvalue weighted by atomic mass is 10.1. The summed E-state index contributed by atoms with van der Waals surface area (Å²) in [5.41, 5.74) is -0.242. The lowest BCUT2D eigenvalue weighted by molar-refractivity contribution is -0.384. The van der Waals surface area contributed by atoms with Crippen LogP contribution in [0.25, 0.3) is 11.3 Å². The average molecular weight is 419 g/mol. The van der Waals surface area contributed by atoms with Gasteiger partial charge in [0.15, 0.2) is 0 Å². The minimum Gasteiger partial charge on any atom is -0.378 e. The molecule has 0 unspecified atom stereocenters. The first-order valence-electron chi connectivity index (χ1n) is 8.74. The number of benzene rings is 2. The summed E-state index contributed by atoms with van der Waals surface area (Å²) in [6, 6.07) is 11.3. The molecule has 0 saturated heterocycles. The zero-order valence-corrected chi connectivity index (χ0v) is 15.4. The van der Waals surface area contributed by atoms with Crippen molar-refractivity contribution >= 4 is 17.3 Å². The van der Waals surface area contributed by atoms with Gasteiger partial charge in [0.1, 0.15) is 5.69 Å². The van der Waals surface area contributed by atoms with E-state index in [9.17, 15) is 28.1 Å². The van der Waals surface area contributed by atoms with Crippen LogP contribution in [0.15, 0.2) is 54.7 Å². The summed E-state index contributed by atoms with van der Waals surface area (Å²) < 4.78 is 38.3. The molecule has 0 bridgehead atoms. The van der Waals surface area contributed by atoms with Crippen LogP contribution in [-0.2, 0) is 6.18 Å². The predicted octanol–water partition coefficient (Wildman–Crippen LogP) is 3.85. The number of alkyl halides is 3. The van der Waals surface area contributed by atoms with Crippen molar-refractivity contribution in [1.29, 1.82) is 0 Å². The van der Waals surface area contributed by atoms with E-state index in [1.165, 1.54) is 6.20 Å². The second kappa shape index (κ2) is 8.64. The molecule has 0 radical (unpaired) electrons. The Balaban J connectivity index is 1.61. The van der Waals surface area contributed by atoms with E-state index in [1.807, 2.05) is 30.3 Å². The van der Waals surface area contributed by atoms with Crippen molar-refractivity contribution in [3.63, 3.8) is 0 Å². The first-order valence-corrected chi connectivity index (χ1v) is 8.74. The number of rotatable bonds is 7. The number of amides is 1. The topological polar surface area (TPSA) is 113 Å². The Morgan fingerprint density at radius 3 is 2.53 bits per heavy atom. The van der Waals surface area contributed by atoms with E-state index >= 15 is 0 Å². The molecular formula is C19H16F3N5O3. The van der Waals surface area contributed by atoms with Crippen LogP contribution in [0.2, 0.25) is 0 Å². The van der Waals surface area contributed by atoms with Crippen molar-refractivity contribution in [1.82, 2.24) is 15.5 Å². The van der Waals surface area contributed by atoms with Crippen LogP contribution in [0.5, 0.6) is 0 Å². The molecule has 1 aromatic heterocycles. The van der Waals surface area contributed by atoms with Crippen LogP contribution < -0.4 is 10.6 Å². The second-order valence-corrected chi connectivity index (χ2v) is 6.19. The molecule has 2 aromatic carbocycles. The van der Waals surface area contributed by atoms with Crippen molar-refractivity contribution in [2.75, 3.05) is 18.4 Å². The highest BCUT2D eigenvalue weighted by Crippen LogP contribution is 2.34. The number of nitro groups is 1. The third-order valence-corrected chi connectivity index (χ3v) is 4.19. The molecule has 11 heteroatoms. The quantitative estimate of drug-likeness (QED) is 0.306. The fraction of sp³-hybridized carbons (Fsp3) is 0.158. The van der Waals surface area contributed by atoms with Crippen molar-refractivity contribution < 1.29 is 22.9 Å². The molecule has 156 valence electrons. The van der Waals surface area contributed by atoms with E-state index < -0.39 is 28.3 Å². The molecule has 3 N–H and O–H groups in total. The summed E-state index contributed by atoms with van der Waals surface area (Å²) in [4.78, 5) is 22.6. The summed E-state index contributed by atoms with van der Waals surface area (Å²) in [5.74, 6) is -0.411. The molecule has 8 nitrogen and oxygen atoms in total. The molecule has 30 heavy (non-hydrogen) atoms. The number of H-pyrrole nitrogens is 1. The molecule has 3 aromatic rings. The number of nitro benzene ring substituents is 1. The molecule has 1 amide bonds. The molecule has 0 aliphatic heterocycles. The van der Waals surface area contributed by atoms with Crippen molar-refractivity contribution in [2.45, 2.75) is 6.18 Å². The molecule has 0 saturated carbocycles. The molecular weight excluding hydrogens is 403 g/mol. The minimum atomic E-state index is -4.68. The van der Waals surface area contributed by atoms with Gasteiger partial charge in [-0.2, -0.15) is 18.3 Å². The molecule has 1 heterocycles. The minimum absolute atomic E-state index is 0.0659. The molecule has 0 atom stereocenters. The van der Waals surface area contributed by atoms with Gasteiger partial charge >= 0.3 is 6.18 Å². The highest BCUT2D eigenvalue weighted by atomic mass is 19.4. The number of nitrogens with zero attached hydrogens (tertiary/aromatic N) is 2. The zero-order chi connectivity index (χ0) is 21.7. The second-order valence-electron chi connectivity index (χ2n) is 6.19. The normalized spacial score (nSPS) is 11.2. The fourth-order valence-electron chi connectivity index (χ4n) is 2.76. The summed E-state index contributed by atoms with van der Waals surface area (Å²) >= 11 is 0. The number of anilines is 1. The maximum atomic E-state index is 12.8. The molecule has 3 rings (SSSR count). The molecule has 0 aliphatic rings. The van der Waals surface area contributed by atoms with Crippen LogP contribution in [0, 0.1) is 10.1 Å². The Morgan fingerprint density at radius 1 is 1.13 bits per heavy atom. The van der Waals surface area contributed by atoms with Gasteiger partial charge in [0, 0.05) is 24.7 Å². The van der Waals surface area contributed by atoms with Gasteiger partial charge in [0.2, 0.25) is 0 Å². The zero-order valence-electron chi connectivity index (χ0n) is 15.4. The lowest BCUT2D eigenvalue weighted by Crippen LogP contribution is -2.29. The van der Waals surface area contributed by atoms with Gasteiger partial charge in [-0.15, -0.1) is 0 Å². The van der Waals surface area contributed by atoms with Gasteiger partial charge in [0.25, 0.3) is 11.6 Å². The van der Waals surface area contributed by atoms with E-state index in [4.69, 9.17) is 0 Å². The highest BCUT2D eigenvalue weighted by Gasteiger charge is 2.33. The van der Waals surface area contributed by atoms with E-state index in [1.54, 1.807) is 0 Å². The standard InChI is InChI=1S/C19H16F3N5O3/c20-19(21,22)13-6-7-15(16(10-13)27(29)30)23-8-9-24-18(28)14-11-25-26-17(14)12-4-2-1-3-5-12/h1-7,10-11,23H,8-9H2,(H,24,28)(H,25,26). The van der Waals surface area contributed by atoms with Gasteiger partial charge in [0.05, 0.1) is 27.9 Å². The van der Waals surface area contributed by atoms with Gasteiger partial charge in [-0.05, 0) is 12.1 Å². The molecule has 0 fully saturated rings. The van der Waals surface area contributed by atoms with Crippen LogP contribution in [0.1, 0.15) is 15.9 Å². The third-order valence-electron chi connectivity index (χ3n) is 4.19. The van der Waals surface area contributed by atoms with Crippen LogP contribution in [0.3, 0.4) is 0 Å². The molecule has 0 spiro atoms. The van der Waals surface area contributed by atoms with Gasteiger partial charge < -0.3 is 10.6 Å². The Bertz CT molecular complexity index is 1050. The SMILES string of the molecule is O=C(NCCNc1ccc(C(F)(F)F)cc1[N+](=O)[O-])c1cn[nH]c1-c1ccccc1. The first kappa shape index (κ1) is 20.8. The summed E-state index contributed by atoms with van der Waals surface area (Å²) in [7, 11) is 0. The van der Waals surface area contributed by atoms with Crippen LogP contribution in [0.4, 0.5) is 24.5 Å². The van der Waals surface area contributed by atoms with Crippen LogP contribution >= 0.6 is 0 Å². The summed E-state index contributed by atoms with van der Waals surface area (Å²) in [6.07, 6.45) is -3.30. The third kappa shape index (κ3) is 4.74. The van der Waals surface area contributed by atoms with Gasteiger partial charge in [-0.25, -0.2) is 0 Å². The van der Waals surface area contributed by atoms with Gasteiger partial charge in [-0.3, -0.25) is 20.0 Å². The number of aromatic amines is 1. The van der Waals surface area contributed by atoms with E-state index in [0.717, 1.165) is 17.7 Å². The number of halogens is 3. The Kier molecular flexibility index (Phi) is 6.00. The lowest BCUT2D eigenvalue weighted by Gasteiger charge is -2.11.